The van der Waals surface area contributed by atoms with Gasteiger partial charge in [0.05, 0.1) is 0 Å². The van der Waals surface area contributed by atoms with Gasteiger partial charge in [-0.25, -0.2) is 9.97 Å². The Morgan fingerprint density at radius 1 is 1.21 bits per heavy atom. The van der Waals surface area contributed by atoms with E-state index in [1.807, 2.05) is 4.90 Å². The van der Waals surface area contributed by atoms with Crippen molar-refractivity contribution >= 4 is 11.9 Å². The second-order valence-corrected chi connectivity index (χ2v) is 9.13. The Morgan fingerprint density at radius 2 is 1.93 bits per heavy atom. The van der Waals surface area contributed by atoms with Crippen LogP contribution in [0.25, 0.3) is 11.5 Å². The summed E-state index contributed by atoms with van der Waals surface area (Å²) in [5.41, 5.74) is -0.245. The summed E-state index contributed by atoms with van der Waals surface area (Å²) in [6.45, 7) is 9.15. The second kappa shape index (κ2) is 7.37. The van der Waals surface area contributed by atoms with Crippen molar-refractivity contribution in [1.29, 1.82) is 0 Å². The van der Waals surface area contributed by atoms with E-state index in [9.17, 15) is 9.90 Å². The van der Waals surface area contributed by atoms with E-state index in [0.717, 1.165) is 6.42 Å². The van der Waals surface area contributed by atoms with Gasteiger partial charge < -0.3 is 19.4 Å². The van der Waals surface area contributed by atoms with Crippen LogP contribution in [0.4, 0.5) is 5.95 Å². The topological polar surface area (TPSA) is 108 Å². The van der Waals surface area contributed by atoms with Gasteiger partial charge in [0.1, 0.15) is 11.3 Å². The van der Waals surface area contributed by atoms with Crippen LogP contribution in [0.15, 0.2) is 16.8 Å². The van der Waals surface area contributed by atoms with E-state index in [0.29, 0.717) is 62.9 Å². The van der Waals surface area contributed by atoms with E-state index in [-0.39, 0.29) is 17.2 Å². The van der Waals surface area contributed by atoms with Crippen molar-refractivity contribution in [3.05, 3.63) is 18.2 Å². The Labute approximate surface area is 170 Å². The first-order valence-electron chi connectivity index (χ1n) is 10.2. The van der Waals surface area contributed by atoms with Crippen LogP contribution in [0.2, 0.25) is 0 Å². The molecule has 1 aliphatic carbocycles. The van der Waals surface area contributed by atoms with Crippen molar-refractivity contribution in [1.82, 2.24) is 25.0 Å². The Hall–Kier alpha value is -2.55. The Morgan fingerprint density at radius 3 is 2.59 bits per heavy atom. The molecular formula is C20H28N6O3. The molecule has 3 heterocycles. The van der Waals surface area contributed by atoms with Crippen LogP contribution in [-0.2, 0) is 10.4 Å². The first kappa shape index (κ1) is 19.8. The molecule has 9 heteroatoms. The Kier molecular flexibility index (Phi) is 5.02. The first-order valence-corrected chi connectivity index (χ1v) is 10.2. The normalized spacial score (nSPS) is 18.8. The average molecular weight is 400 g/mol. The quantitative estimate of drug-likeness (QED) is 0.812. The molecule has 2 aromatic heterocycles. The minimum atomic E-state index is -0.961. The average Bonchev–Trinajstić information content (AvgIpc) is 3.26. The highest BCUT2D eigenvalue weighted by Gasteiger charge is 2.47. The second-order valence-electron chi connectivity index (χ2n) is 9.13. The minimum Gasteiger partial charge on any atom is -0.380 e. The van der Waals surface area contributed by atoms with Gasteiger partial charge in [-0.3, -0.25) is 4.79 Å². The number of carbonyl (C=O) groups is 1. The van der Waals surface area contributed by atoms with Gasteiger partial charge in [0.15, 0.2) is 0 Å². The smallest absolute Gasteiger partial charge is 0.258 e. The number of carbonyl (C=O) groups excluding carboxylic acids is 1. The van der Waals surface area contributed by atoms with Crippen LogP contribution < -0.4 is 4.90 Å². The van der Waals surface area contributed by atoms with Gasteiger partial charge >= 0.3 is 0 Å². The van der Waals surface area contributed by atoms with Crippen LogP contribution in [-0.4, -0.2) is 62.2 Å². The van der Waals surface area contributed by atoms with Crippen LogP contribution in [0.1, 0.15) is 52.3 Å². The van der Waals surface area contributed by atoms with Crippen molar-refractivity contribution < 1.29 is 14.4 Å². The van der Waals surface area contributed by atoms with Crippen LogP contribution in [0, 0.1) is 5.41 Å². The maximum Gasteiger partial charge on any atom is 0.258 e. The third kappa shape index (κ3) is 4.55. The summed E-state index contributed by atoms with van der Waals surface area (Å²) in [4.78, 5) is 29.7. The fraction of sp³-hybridized carbons (Fsp3) is 0.650. The van der Waals surface area contributed by atoms with E-state index in [4.69, 9.17) is 4.52 Å². The molecule has 2 aromatic rings. The third-order valence-corrected chi connectivity index (χ3v) is 5.42. The number of aliphatic hydroxyl groups is 1. The standard InChI is InChI=1S/C20H28N6O3/c1-19(2,3)6-4-15(27)25-10-12-26(13-11-25)18-21-9-5-14(22-18)16-23-17(29-24-16)20(28)7-8-20/h5,9,28H,4,6-8,10-13H2,1-3H3. The first-order chi connectivity index (χ1) is 13.7. The largest absolute Gasteiger partial charge is 0.380 e. The van der Waals surface area contributed by atoms with Crippen molar-refractivity contribution in [2.75, 3.05) is 31.1 Å². The van der Waals surface area contributed by atoms with Gasteiger partial charge in [0, 0.05) is 38.8 Å². The van der Waals surface area contributed by atoms with Gasteiger partial charge in [-0.2, -0.15) is 4.98 Å². The molecule has 0 aromatic carbocycles. The fourth-order valence-electron chi connectivity index (χ4n) is 3.27. The van der Waals surface area contributed by atoms with E-state index >= 15 is 0 Å². The molecule has 0 bridgehead atoms. The summed E-state index contributed by atoms with van der Waals surface area (Å²) in [6.07, 6.45) is 4.42. The molecule has 0 spiro atoms. The molecule has 1 saturated heterocycles. The minimum absolute atomic E-state index is 0.163. The van der Waals surface area contributed by atoms with Gasteiger partial charge in [-0.05, 0) is 30.7 Å². The molecule has 2 fully saturated rings. The molecule has 1 N–H and O–H groups in total. The predicted molar refractivity (Wildman–Crippen MR) is 106 cm³/mol. The van der Waals surface area contributed by atoms with Gasteiger partial charge in [0.2, 0.25) is 17.7 Å². The van der Waals surface area contributed by atoms with Crippen molar-refractivity contribution in [2.24, 2.45) is 5.41 Å². The monoisotopic (exact) mass is 400 g/mol. The number of nitrogens with zero attached hydrogens (tertiary/aromatic N) is 6. The molecule has 29 heavy (non-hydrogen) atoms. The van der Waals surface area contributed by atoms with Gasteiger partial charge in [-0.15, -0.1) is 0 Å². The van der Waals surface area contributed by atoms with E-state index < -0.39 is 5.60 Å². The zero-order valence-corrected chi connectivity index (χ0v) is 17.3. The molecule has 9 nitrogen and oxygen atoms in total. The number of hydrogen-bond acceptors (Lipinski definition) is 8. The molecular weight excluding hydrogens is 372 g/mol. The molecule has 156 valence electrons. The van der Waals surface area contributed by atoms with Crippen molar-refractivity contribution in [2.45, 2.75) is 52.1 Å². The number of amides is 1. The van der Waals surface area contributed by atoms with Gasteiger partial charge in [0.25, 0.3) is 5.89 Å². The maximum atomic E-state index is 12.4. The summed E-state index contributed by atoms with van der Waals surface area (Å²) in [6, 6.07) is 1.72. The lowest BCUT2D eigenvalue weighted by atomic mass is 9.90. The summed E-state index contributed by atoms with van der Waals surface area (Å²) in [5.74, 6) is 1.39. The van der Waals surface area contributed by atoms with E-state index in [2.05, 4.69) is 45.8 Å². The molecule has 2 aliphatic rings. The number of aromatic nitrogens is 4. The number of piperazine rings is 1. The zero-order chi connectivity index (χ0) is 20.6. The summed E-state index contributed by atoms with van der Waals surface area (Å²) in [7, 11) is 0. The number of anilines is 1. The fourth-order valence-corrected chi connectivity index (χ4v) is 3.27. The summed E-state index contributed by atoms with van der Waals surface area (Å²) < 4.78 is 5.19. The lowest BCUT2D eigenvalue weighted by Crippen LogP contribution is -2.49. The lowest BCUT2D eigenvalue weighted by Gasteiger charge is -2.35. The SMILES string of the molecule is CC(C)(C)CCC(=O)N1CCN(c2nccc(-c3noc(C4(O)CC4)n3)n2)CC1. The predicted octanol–water partition coefficient (Wildman–Crippen LogP) is 1.98. The molecule has 4 rings (SSSR count). The highest BCUT2D eigenvalue weighted by atomic mass is 16.5. The van der Waals surface area contributed by atoms with Crippen molar-refractivity contribution in [3.8, 4) is 11.5 Å². The van der Waals surface area contributed by atoms with E-state index in [1.165, 1.54) is 0 Å². The molecule has 1 aliphatic heterocycles. The van der Waals surface area contributed by atoms with Crippen LogP contribution in [0.3, 0.4) is 0 Å². The summed E-state index contributed by atoms with van der Waals surface area (Å²) >= 11 is 0. The third-order valence-electron chi connectivity index (χ3n) is 5.42. The highest BCUT2D eigenvalue weighted by molar-refractivity contribution is 5.76. The van der Waals surface area contributed by atoms with Gasteiger partial charge in [-0.1, -0.05) is 25.9 Å². The Bertz CT molecular complexity index is 878. The molecule has 0 atom stereocenters. The van der Waals surface area contributed by atoms with Crippen LogP contribution >= 0.6 is 0 Å². The number of rotatable bonds is 5. The molecule has 1 saturated carbocycles. The lowest BCUT2D eigenvalue weighted by molar-refractivity contribution is -0.132. The molecule has 0 unspecified atom stereocenters. The Balaban J connectivity index is 1.37. The molecule has 0 radical (unpaired) electrons. The van der Waals surface area contributed by atoms with E-state index in [1.54, 1.807) is 12.3 Å². The maximum absolute atomic E-state index is 12.4. The number of hydrogen-bond donors (Lipinski definition) is 1. The zero-order valence-electron chi connectivity index (χ0n) is 17.3. The molecule has 1 amide bonds. The highest BCUT2D eigenvalue weighted by Crippen LogP contribution is 2.44. The van der Waals surface area contributed by atoms with Crippen molar-refractivity contribution in [3.63, 3.8) is 0 Å². The van der Waals surface area contributed by atoms with Crippen LogP contribution in [0.5, 0.6) is 0 Å². The summed E-state index contributed by atoms with van der Waals surface area (Å²) in [5, 5.41) is 14.0.